The van der Waals surface area contributed by atoms with Crippen molar-refractivity contribution < 1.29 is 19.3 Å². The molecule has 0 aliphatic carbocycles. The Morgan fingerprint density at radius 1 is 1.16 bits per heavy atom. The van der Waals surface area contributed by atoms with E-state index in [1.165, 1.54) is 20.9 Å². The van der Waals surface area contributed by atoms with E-state index in [9.17, 15) is 14.4 Å². The smallest absolute Gasteiger partial charge is 0.327 e. The fourth-order valence-corrected chi connectivity index (χ4v) is 3.39. The van der Waals surface area contributed by atoms with Crippen molar-refractivity contribution in [2.75, 3.05) is 46.3 Å². The molecule has 2 aliphatic rings. The Morgan fingerprint density at radius 3 is 2.44 bits per heavy atom. The van der Waals surface area contributed by atoms with Crippen molar-refractivity contribution >= 4 is 17.8 Å². The van der Waals surface area contributed by atoms with Crippen molar-refractivity contribution in [1.82, 2.24) is 14.7 Å². The minimum absolute atomic E-state index is 0.0560. The highest BCUT2D eigenvalue weighted by molar-refractivity contribution is 6.04. The molecule has 25 heavy (non-hydrogen) atoms. The van der Waals surface area contributed by atoms with Crippen molar-refractivity contribution in [2.24, 2.45) is 0 Å². The SMILES string of the molecule is Cc1ccccc1C[NH+]1CCN(C(=O)CN2C(=O)CN(C)C2=O)CC1. The first kappa shape index (κ1) is 17.4. The summed E-state index contributed by atoms with van der Waals surface area (Å²) in [7, 11) is 1.57. The number of likely N-dealkylation sites (N-methyl/N-ethyl adjacent to an activating group) is 1. The van der Waals surface area contributed by atoms with Gasteiger partial charge < -0.3 is 14.7 Å². The van der Waals surface area contributed by atoms with Gasteiger partial charge in [0.2, 0.25) is 5.91 Å². The van der Waals surface area contributed by atoms with Crippen LogP contribution in [0, 0.1) is 6.92 Å². The van der Waals surface area contributed by atoms with E-state index >= 15 is 0 Å². The Hall–Kier alpha value is -2.41. The summed E-state index contributed by atoms with van der Waals surface area (Å²) in [6.45, 7) is 6.07. The monoisotopic (exact) mass is 345 g/mol. The van der Waals surface area contributed by atoms with Crippen LogP contribution in [-0.4, -0.2) is 78.9 Å². The zero-order valence-electron chi connectivity index (χ0n) is 14.8. The first-order valence-corrected chi connectivity index (χ1v) is 8.67. The lowest BCUT2D eigenvalue weighted by Crippen LogP contribution is -3.13. The van der Waals surface area contributed by atoms with Gasteiger partial charge in [-0.1, -0.05) is 24.3 Å². The van der Waals surface area contributed by atoms with Crippen molar-refractivity contribution in [1.29, 1.82) is 0 Å². The minimum atomic E-state index is -0.387. The molecule has 134 valence electrons. The van der Waals surface area contributed by atoms with Crippen LogP contribution in [-0.2, 0) is 16.1 Å². The summed E-state index contributed by atoms with van der Waals surface area (Å²) >= 11 is 0. The van der Waals surface area contributed by atoms with Gasteiger partial charge in [-0.15, -0.1) is 0 Å². The van der Waals surface area contributed by atoms with Gasteiger partial charge in [0, 0.05) is 12.6 Å². The first-order chi connectivity index (χ1) is 12.0. The molecule has 2 aliphatic heterocycles. The number of benzene rings is 1. The molecule has 7 heteroatoms. The maximum absolute atomic E-state index is 12.4. The van der Waals surface area contributed by atoms with Gasteiger partial charge in [0.25, 0.3) is 5.91 Å². The molecule has 0 saturated carbocycles. The average Bonchev–Trinajstić information content (AvgIpc) is 2.84. The Bertz CT molecular complexity index is 683. The third kappa shape index (κ3) is 3.82. The predicted octanol–water partition coefficient (Wildman–Crippen LogP) is -0.884. The second-order valence-corrected chi connectivity index (χ2v) is 6.85. The van der Waals surface area contributed by atoms with Crippen LogP contribution in [0.25, 0.3) is 0 Å². The average molecular weight is 345 g/mol. The van der Waals surface area contributed by atoms with Crippen LogP contribution < -0.4 is 4.90 Å². The molecule has 0 spiro atoms. The van der Waals surface area contributed by atoms with Gasteiger partial charge >= 0.3 is 6.03 Å². The number of hydrogen-bond acceptors (Lipinski definition) is 3. The van der Waals surface area contributed by atoms with Crippen molar-refractivity contribution in [2.45, 2.75) is 13.5 Å². The summed E-state index contributed by atoms with van der Waals surface area (Å²) in [6.07, 6.45) is 0. The molecule has 0 aromatic heterocycles. The van der Waals surface area contributed by atoms with Crippen LogP contribution in [0.15, 0.2) is 24.3 Å². The zero-order valence-corrected chi connectivity index (χ0v) is 14.8. The van der Waals surface area contributed by atoms with E-state index < -0.39 is 0 Å². The topological polar surface area (TPSA) is 65.4 Å². The van der Waals surface area contributed by atoms with Gasteiger partial charge in [0.1, 0.15) is 19.6 Å². The number of carbonyl (C=O) groups excluding carboxylic acids is 3. The molecule has 0 radical (unpaired) electrons. The maximum atomic E-state index is 12.4. The normalized spacial score (nSPS) is 19.0. The lowest BCUT2D eigenvalue weighted by atomic mass is 10.1. The number of piperazine rings is 1. The summed E-state index contributed by atoms with van der Waals surface area (Å²) in [4.78, 5) is 41.7. The Balaban J connectivity index is 1.50. The van der Waals surface area contributed by atoms with E-state index in [1.807, 2.05) is 6.07 Å². The molecule has 1 aromatic rings. The Morgan fingerprint density at radius 2 is 1.84 bits per heavy atom. The molecule has 1 N–H and O–H groups in total. The van der Waals surface area contributed by atoms with Gasteiger partial charge in [-0.2, -0.15) is 0 Å². The molecule has 1 aromatic carbocycles. The highest BCUT2D eigenvalue weighted by atomic mass is 16.2. The highest BCUT2D eigenvalue weighted by Gasteiger charge is 2.36. The predicted molar refractivity (Wildman–Crippen MR) is 91.9 cm³/mol. The molecular formula is C18H25N4O3+. The molecular weight excluding hydrogens is 320 g/mol. The quantitative estimate of drug-likeness (QED) is 0.721. The number of amides is 4. The number of quaternary nitrogens is 1. The third-order valence-corrected chi connectivity index (χ3v) is 5.05. The van der Waals surface area contributed by atoms with E-state index in [4.69, 9.17) is 0 Å². The number of aryl methyl sites for hydroxylation is 1. The van der Waals surface area contributed by atoms with E-state index in [-0.39, 0.29) is 30.9 Å². The molecule has 4 amide bonds. The second-order valence-electron chi connectivity index (χ2n) is 6.85. The van der Waals surface area contributed by atoms with Crippen LogP contribution >= 0.6 is 0 Å². The van der Waals surface area contributed by atoms with E-state index in [2.05, 4.69) is 25.1 Å². The lowest BCUT2D eigenvalue weighted by Gasteiger charge is -2.33. The number of carbonyl (C=O) groups is 3. The maximum Gasteiger partial charge on any atom is 0.327 e. The molecule has 0 atom stereocenters. The lowest BCUT2D eigenvalue weighted by molar-refractivity contribution is -0.917. The van der Waals surface area contributed by atoms with E-state index in [0.717, 1.165) is 24.5 Å². The molecule has 2 fully saturated rings. The fourth-order valence-electron chi connectivity index (χ4n) is 3.39. The summed E-state index contributed by atoms with van der Waals surface area (Å²) < 4.78 is 0. The van der Waals surface area contributed by atoms with Crippen molar-refractivity contribution in [3.05, 3.63) is 35.4 Å². The summed E-state index contributed by atoms with van der Waals surface area (Å²) in [5.74, 6) is -0.448. The third-order valence-electron chi connectivity index (χ3n) is 5.05. The molecule has 2 heterocycles. The Labute approximate surface area is 147 Å². The van der Waals surface area contributed by atoms with Crippen LogP contribution in [0.5, 0.6) is 0 Å². The van der Waals surface area contributed by atoms with Crippen LogP contribution in [0.1, 0.15) is 11.1 Å². The number of urea groups is 1. The van der Waals surface area contributed by atoms with Crippen LogP contribution in [0.2, 0.25) is 0 Å². The first-order valence-electron chi connectivity index (χ1n) is 8.67. The summed E-state index contributed by atoms with van der Waals surface area (Å²) in [5.41, 5.74) is 2.64. The molecule has 0 bridgehead atoms. The molecule has 3 rings (SSSR count). The number of hydrogen-bond donors (Lipinski definition) is 1. The number of imide groups is 1. The van der Waals surface area contributed by atoms with Crippen molar-refractivity contribution in [3.63, 3.8) is 0 Å². The zero-order chi connectivity index (χ0) is 18.0. The largest absolute Gasteiger partial charge is 0.330 e. The molecule has 2 saturated heterocycles. The summed E-state index contributed by atoms with van der Waals surface area (Å²) in [6, 6.07) is 7.99. The Kier molecular flexibility index (Phi) is 5.03. The van der Waals surface area contributed by atoms with Gasteiger partial charge in [-0.25, -0.2) is 4.79 Å². The standard InChI is InChI=1S/C18H24N4O3/c1-14-5-3-4-6-15(14)11-20-7-9-21(10-8-20)16(23)13-22-17(24)12-19(2)18(22)25/h3-6H,7-13H2,1-2H3/p+1. The second kappa shape index (κ2) is 7.23. The van der Waals surface area contributed by atoms with Gasteiger partial charge in [-0.3, -0.25) is 14.5 Å². The summed E-state index contributed by atoms with van der Waals surface area (Å²) in [5, 5.41) is 0. The van der Waals surface area contributed by atoms with E-state index in [1.54, 1.807) is 11.9 Å². The van der Waals surface area contributed by atoms with Crippen molar-refractivity contribution in [3.8, 4) is 0 Å². The van der Waals surface area contributed by atoms with E-state index in [0.29, 0.717) is 13.1 Å². The number of nitrogens with one attached hydrogen (secondary N) is 1. The van der Waals surface area contributed by atoms with Gasteiger partial charge in [0.05, 0.1) is 26.2 Å². The van der Waals surface area contributed by atoms with Crippen LogP contribution in [0.3, 0.4) is 0 Å². The number of nitrogens with zero attached hydrogens (tertiary/aromatic N) is 3. The van der Waals surface area contributed by atoms with Crippen LogP contribution in [0.4, 0.5) is 4.79 Å². The molecule has 7 nitrogen and oxygen atoms in total. The number of rotatable bonds is 4. The van der Waals surface area contributed by atoms with Gasteiger partial charge in [0.15, 0.2) is 0 Å². The minimum Gasteiger partial charge on any atom is -0.330 e. The highest BCUT2D eigenvalue weighted by Crippen LogP contribution is 2.09. The molecule has 0 unspecified atom stereocenters. The fraction of sp³-hybridized carbons (Fsp3) is 0.500. The van der Waals surface area contributed by atoms with Gasteiger partial charge in [-0.05, 0) is 12.5 Å².